The molecule has 0 N–H and O–H groups in total. The summed E-state index contributed by atoms with van der Waals surface area (Å²) in [5.41, 5.74) is 5.82. The number of fused-ring (bicyclic) bond motifs is 1. The lowest BCUT2D eigenvalue weighted by Crippen LogP contribution is -2.48. The van der Waals surface area contributed by atoms with Gasteiger partial charge in [-0.15, -0.1) is 0 Å². The Balaban J connectivity index is 1.66. The summed E-state index contributed by atoms with van der Waals surface area (Å²) in [6, 6.07) is 14.1. The fourth-order valence-electron chi connectivity index (χ4n) is 4.95. The first kappa shape index (κ1) is 21.7. The molecular weight excluding hydrogens is 404 g/mol. The first-order chi connectivity index (χ1) is 14.7. The van der Waals surface area contributed by atoms with Crippen molar-refractivity contribution >= 4 is 34.7 Å². The number of anilines is 1. The van der Waals surface area contributed by atoms with Gasteiger partial charge in [0, 0.05) is 17.8 Å². The van der Waals surface area contributed by atoms with Gasteiger partial charge < -0.3 is 4.90 Å². The minimum Gasteiger partial charge on any atom is -0.366 e. The Labute approximate surface area is 189 Å². The van der Waals surface area contributed by atoms with Crippen molar-refractivity contribution in [2.75, 3.05) is 11.4 Å². The van der Waals surface area contributed by atoms with Crippen LogP contribution in [0.2, 0.25) is 0 Å². The first-order valence-electron chi connectivity index (χ1n) is 10.9. The van der Waals surface area contributed by atoms with E-state index in [0.717, 1.165) is 41.4 Å². The molecule has 0 aromatic heterocycles. The molecule has 2 aliphatic rings. The average molecular weight is 435 g/mol. The Hall–Kier alpha value is -2.53. The van der Waals surface area contributed by atoms with Gasteiger partial charge in [0.05, 0.1) is 11.4 Å². The molecule has 0 aliphatic carbocycles. The number of benzene rings is 2. The number of amides is 2. The topological polar surface area (TPSA) is 40.6 Å². The van der Waals surface area contributed by atoms with Gasteiger partial charge in [0.2, 0.25) is 0 Å². The highest BCUT2D eigenvalue weighted by Gasteiger charge is 2.37. The van der Waals surface area contributed by atoms with E-state index in [0.29, 0.717) is 17.4 Å². The molecule has 1 fully saturated rings. The summed E-state index contributed by atoms with van der Waals surface area (Å²) >= 11 is 1.04. The maximum absolute atomic E-state index is 13.0. The number of imide groups is 1. The SMILES string of the molecule is CCN1c2cc(C)c(/C=C3\SC(=O)N(Cc4ccccc4)C3=O)cc2[C@@H](C)CC1(C)C. The third-order valence-electron chi connectivity index (χ3n) is 6.43. The monoisotopic (exact) mass is 434 g/mol. The summed E-state index contributed by atoms with van der Waals surface area (Å²) in [7, 11) is 0. The van der Waals surface area contributed by atoms with Crippen LogP contribution < -0.4 is 4.90 Å². The highest BCUT2D eigenvalue weighted by molar-refractivity contribution is 8.18. The minimum absolute atomic E-state index is 0.120. The van der Waals surface area contributed by atoms with Gasteiger partial charge in [-0.1, -0.05) is 37.3 Å². The van der Waals surface area contributed by atoms with Crippen molar-refractivity contribution in [1.82, 2.24) is 4.90 Å². The van der Waals surface area contributed by atoms with Gasteiger partial charge in [-0.05, 0) is 92.3 Å². The van der Waals surface area contributed by atoms with Gasteiger partial charge in [-0.3, -0.25) is 14.5 Å². The predicted molar refractivity (Wildman–Crippen MR) is 129 cm³/mol. The van der Waals surface area contributed by atoms with Crippen molar-refractivity contribution in [2.45, 2.75) is 59.0 Å². The van der Waals surface area contributed by atoms with E-state index in [-0.39, 0.29) is 16.7 Å². The smallest absolute Gasteiger partial charge is 0.293 e. The standard InChI is InChI=1S/C26H30N2O2S/c1-6-28-22-12-17(2)20(13-21(22)18(3)15-26(28,4)5)14-23-24(29)27(25(30)31-23)16-19-10-8-7-9-11-19/h7-14,18H,6,15-16H2,1-5H3/b23-14-/t18-/m0/s1. The molecule has 4 rings (SSSR count). The molecular formula is C26H30N2O2S. The molecule has 31 heavy (non-hydrogen) atoms. The maximum atomic E-state index is 13.0. The summed E-state index contributed by atoms with van der Waals surface area (Å²) in [6.07, 6.45) is 2.98. The van der Waals surface area contributed by atoms with Gasteiger partial charge in [0.1, 0.15) is 0 Å². The van der Waals surface area contributed by atoms with Crippen molar-refractivity contribution in [3.8, 4) is 0 Å². The lowest BCUT2D eigenvalue weighted by atomic mass is 9.79. The van der Waals surface area contributed by atoms with Gasteiger partial charge in [0.25, 0.3) is 11.1 Å². The van der Waals surface area contributed by atoms with Crippen LogP contribution in [-0.4, -0.2) is 28.1 Å². The van der Waals surface area contributed by atoms with E-state index in [1.54, 1.807) is 0 Å². The molecule has 2 aromatic rings. The Kier molecular flexibility index (Phi) is 5.73. The molecule has 2 aromatic carbocycles. The van der Waals surface area contributed by atoms with E-state index >= 15 is 0 Å². The zero-order valence-electron chi connectivity index (χ0n) is 18.9. The molecule has 2 aliphatic heterocycles. The quantitative estimate of drug-likeness (QED) is 0.526. The number of hydrogen-bond acceptors (Lipinski definition) is 4. The molecule has 162 valence electrons. The minimum atomic E-state index is -0.208. The molecule has 5 heteroatoms. The van der Waals surface area contributed by atoms with E-state index in [9.17, 15) is 9.59 Å². The largest absolute Gasteiger partial charge is 0.366 e. The highest BCUT2D eigenvalue weighted by Crippen LogP contribution is 2.45. The molecule has 0 spiro atoms. The number of nitrogens with zero attached hydrogens (tertiary/aromatic N) is 2. The number of thioether (sulfide) groups is 1. The average Bonchev–Trinajstić information content (AvgIpc) is 2.97. The molecule has 0 bridgehead atoms. The van der Waals surface area contributed by atoms with E-state index in [2.05, 4.69) is 51.7 Å². The van der Waals surface area contributed by atoms with Crippen LogP contribution in [0.15, 0.2) is 47.4 Å². The Morgan fingerprint density at radius 2 is 1.87 bits per heavy atom. The van der Waals surface area contributed by atoms with E-state index in [4.69, 9.17) is 0 Å². The third-order valence-corrected chi connectivity index (χ3v) is 7.34. The van der Waals surface area contributed by atoms with Gasteiger partial charge >= 0.3 is 0 Å². The molecule has 0 radical (unpaired) electrons. The summed E-state index contributed by atoms with van der Waals surface area (Å²) in [4.78, 5) is 29.8. The fraction of sp³-hybridized carbons (Fsp3) is 0.385. The van der Waals surface area contributed by atoms with E-state index in [1.807, 2.05) is 36.4 Å². The summed E-state index contributed by atoms with van der Waals surface area (Å²) in [5, 5.41) is -0.206. The van der Waals surface area contributed by atoms with Gasteiger partial charge in [-0.2, -0.15) is 0 Å². The number of carbonyl (C=O) groups excluding carboxylic acids is 2. The van der Waals surface area contributed by atoms with Crippen LogP contribution >= 0.6 is 11.8 Å². The third kappa shape index (κ3) is 4.03. The van der Waals surface area contributed by atoms with Crippen molar-refractivity contribution in [2.24, 2.45) is 0 Å². The Morgan fingerprint density at radius 3 is 2.55 bits per heavy atom. The van der Waals surface area contributed by atoms with Gasteiger partial charge in [-0.25, -0.2) is 0 Å². The Morgan fingerprint density at radius 1 is 1.16 bits per heavy atom. The van der Waals surface area contributed by atoms with Crippen LogP contribution in [-0.2, 0) is 11.3 Å². The number of rotatable bonds is 4. The second-order valence-corrected chi connectivity index (χ2v) is 10.2. The molecule has 4 nitrogen and oxygen atoms in total. The fourth-order valence-corrected chi connectivity index (χ4v) is 5.78. The van der Waals surface area contributed by atoms with Crippen LogP contribution in [0.4, 0.5) is 10.5 Å². The first-order valence-corrected chi connectivity index (χ1v) is 11.7. The van der Waals surface area contributed by atoms with Gasteiger partial charge in [0.15, 0.2) is 0 Å². The molecule has 0 saturated carbocycles. The lowest BCUT2D eigenvalue weighted by molar-refractivity contribution is -0.123. The number of carbonyl (C=O) groups is 2. The second-order valence-electron chi connectivity index (χ2n) is 9.18. The number of aryl methyl sites for hydroxylation is 1. The summed E-state index contributed by atoms with van der Waals surface area (Å²) in [5.74, 6) is 0.231. The summed E-state index contributed by atoms with van der Waals surface area (Å²) in [6.45, 7) is 12.5. The molecule has 2 heterocycles. The highest BCUT2D eigenvalue weighted by atomic mass is 32.2. The predicted octanol–water partition coefficient (Wildman–Crippen LogP) is 6.34. The summed E-state index contributed by atoms with van der Waals surface area (Å²) < 4.78 is 0. The molecule has 2 amide bonds. The van der Waals surface area contributed by atoms with Crippen LogP contribution in [0.25, 0.3) is 6.08 Å². The maximum Gasteiger partial charge on any atom is 0.293 e. The molecule has 1 atom stereocenters. The molecule has 0 unspecified atom stereocenters. The normalized spacial score (nSPS) is 21.7. The Bertz CT molecular complexity index is 1060. The van der Waals surface area contributed by atoms with Crippen molar-refractivity contribution in [1.29, 1.82) is 0 Å². The van der Waals surface area contributed by atoms with Crippen molar-refractivity contribution in [3.63, 3.8) is 0 Å². The molecule has 1 saturated heterocycles. The van der Waals surface area contributed by atoms with E-state index in [1.165, 1.54) is 16.2 Å². The van der Waals surface area contributed by atoms with Crippen LogP contribution in [0, 0.1) is 6.92 Å². The second kappa shape index (κ2) is 8.19. The lowest BCUT2D eigenvalue weighted by Gasteiger charge is -2.47. The van der Waals surface area contributed by atoms with Crippen LogP contribution in [0.3, 0.4) is 0 Å². The zero-order chi connectivity index (χ0) is 22.3. The van der Waals surface area contributed by atoms with Crippen molar-refractivity contribution < 1.29 is 9.59 Å². The number of hydrogen-bond donors (Lipinski definition) is 0. The van der Waals surface area contributed by atoms with E-state index < -0.39 is 0 Å². The zero-order valence-corrected chi connectivity index (χ0v) is 19.8. The van der Waals surface area contributed by atoms with Crippen LogP contribution in [0.1, 0.15) is 62.3 Å². The van der Waals surface area contributed by atoms with Crippen molar-refractivity contribution in [3.05, 3.63) is 69.6 Å². The van der Waals surface area contributed by atoms with Crippen LogP contribution in [0.5, 0.6) is 0 Å².